The van der Waals surface area contributed by atoms with Crippen LogP contribution in [-0.4, -0.2) is 12.6 Å². The molecular weight excluding hydrogens is 194 g/mol. The minimum atomic E-state index is 0.523. The van der Waals surface area contributed by atoms with Crippen LogP contribution in [-0.2, 0) is 0 Å². The summed E-state index contributed by atoms with van der Waals surface area (Å²) in [7, 11) is 0. The van der Waals surface area contributed by atoms with Crippen molar-refractivity contribution in [1.82, 2.24) is 5.32 Å². The normalized spacial score (nSPS) is 29.1. The van der Waals surface area contributed by atoms with Crippen LogP contribution in [0.15, 0.2) is 0 Å². The van der Waals surface area contributed by atoms with Crippen molar-refractivity contribution in [2.45, 2.75) is 72.8 Å². The monoisotopic (exact) mass is 225 g/mol. The molecule has 1 aliphatic rings. The summed E-state index contributed by atoms with van der Waals surface area (Å²) in [4.78, 5) is 0. The van der Waals surface area contributed by atoms with Gasteiger partial charge in [-0.05, 0) is 62.8 Å². The molecule has 0 aromatic carbocycles. The Balaban J connectivity index is 2.22. The first-order valence-corrected chi connectivity index (χ1v) is 7.16. The summed E-state index contributed by atoms with van der Waals surface area (Å²) in [5.74, 6) is 1.89. The zero-order valence-corrected chi connectivity index (χ0v) is 12.0. The molecule has 1 aliphatic carbocycles. The average Bonchev–Trinajstić information content (AvgIpc) is 2.25. The molecule has 1 rings (SSSR count). The number of nitrogens with one attached hydrogen (secondary N) is 1. The van der Waals surface area contributed by atoms with Gasteiger partial charge < -0.3 is 5.32 Å². The first kappa shape index (κ1) is 14.0. The standard InChI is InChI=1S/C15H31N/c1-6-12(2)16-11-13-7-9-14(10-8-13)15(3,4)5/h12-14,16H,6-11H2,1-5H3. The Bertz CT molecular complexity index is 184. The topological polar surface area (TPSA) is 12.0 Å². The Morgan fingerprint density at radius 1 is 1.12 bits per heavy atom. The van der Waals surface area contributed by atoms with Crippen molar-refractivity contribution in [3.05, 3.63) is 0 Å². The highest BCUT2D eigenvalue weighted by atomic mass is 14.9. The van der Waals surface area contributed by atoms with Crippen LogP contribution in [0.1, 0.15) is 66.7 Å². The highest BCUT2D eigenvalue weighted by Gasteiger charge is 2.29. The molecule has 1 nitrogen and oxygen atoms in total. The summed E-state index contributed by atoms with van der Waals surface area (Å²) in [6, 6.07) is 0.695. The largest absolute Gasteiger partial charge is 0.314 e. The molecule has 16 heavy (non-hydrogen) atoms. The molecule has 0 radical (unpaired) electrons. The fourth-order valence-electron chi connectivity index (χ4n) is 2.74. The third kappa shape index (κ3) is 4.45. The van der Waals surface area contributed by atoms with E-state index in [9.17, 15) is 0 Å². The fraction of sp³-hybridized carbons (Fsp3) is 1.00. The third-order valence-corrected chi connectivity index (χ3v) is 4.44. The first-order valence-electron chi connectivity index (χ1n) is 7.16. The van der Waals surface area contributed by atoms with E-state index < -0.39 is 0 Å². The Morgan fingerprint density at radius 2 is 1.69 bits per heavy atom. The van der Waals surface area contributed by atoms with E-state index in [1.165, 1.54) is 38.6 Å². The Hall–Kier alpha value is -0.0400. The molecule has 0 bridgehead atoms. The summed E-state index contributed by atoms with van der Waals surface area (Å²) in [6.07, 6.45) is 7.00. The van der Waals surface area contributed by atoms with Crippen LogP contribution in [0, 0.1) is 17.3 Å². The molecule has 0 amide bonds. The van der Waals surface area contributed by atoms with Gasteiger partial charge in [-0.1, -0.05) is 27.7 Å². The third-order valence-electron chi connectivity index (χ3n) is 4.44. The molecule has 1 N–H and O–H groups in total. The summed E-state index contributed by atoms with van der Waals surface area (Å²) < 4.78 is 0. The number of rotatable bonds is 4. The molecule has 96 valence electrons. The lowest BCUT2D eigenvalue weighted by molar-refractivity contribution is 0.148. The highest BCUT2D eigenvalue weighted by molar-refractivity contribution is 4.81. The van der Waals surface area contributed by atoms with Crippen LogP contribution in [0.3, 0.4) is 0 Å². The number of hydrogen-bond acceptors (Lipinski definition) is 1. The maximum Gasteiger partial charge on any atom is 0.00362 e. The highest BCUT2D eigenvalue weighted by Crippen LogP contribution is 2.39. The predicted octanol–water partition coefficient (Wildman–Crippen LogP) is 4.23. The van der Waals surface area contributed by atoms with Gasteiger partial charge in [0.2, 0.25) is 0 Å². The second-order valence-corrected chi connectivity index (χ2v) is 6.80. The van der Waals surface area contributed by atoms with Gasteiger partial charge in [0.1, 0.15) is 0 Å². The second-order valence-electron chi connectivity index (χ2n) is 6.80. The summed E-state index contributed by atoms with van der Waals surface area (Å²) in [5.41, 5.74) is 0.523. The van der Waals surface area contributed by atoms with E-state index in [4.69, 9.17) is 0 Å². The van der Waals surface area contributed by atoms with Crippen molar-refractivity contribution in [2.75, 3.05) is 6.54 Å². The molecule has 1 fully saturated rings. The zero-order valence-electron chi connectivity index (χ0n) is 12.0. The van der Waals surface area contributed by atoms with Crippen molar-refractivity contribution in [1.29, 1.82) is 0 Å². The summed E-state index contributed by atoms with van der Waals surface area (Å²) >= 11 is 0. The molecule has 0 aliphatic heterocycles. The number of hydrogen-bond donors (Lipinski definition) is 1. The van der Waals surface area contributed by atoms with Gasteiger partial charge in [-0.3, -0.25) is 0 Å². The van der Waals surface area contributed by atoms with E-state index in [0.717, 1.165) is 11.8 Å². The molecule has 1 saturated carbocycles. The summed E-state index contributed by atoms with van der Waals surface area (Å²) in [5, 5.41) is 3.66. The quantitative estimate of drug-likeness (QED) is 0.755. The first-order chi connectivity index (χ1) is 7.43. The molecular formula is C15H31N. The molecule has 1 atom stereocenters. The molecule has 0 aromatic rings. The Kier molecular flexibility index (Phi) is 5.30. The van der Waals surface area contributed by atoms with Gasteiger partial charge >= 0.3 is 0 Å². The lowest BCUT2D eigenvalue weighted by Gasteiger charge is -2.37. The molecule has 1 heteroatoms. The van der Waals surface area contributed by atoms with Crippen molar-refractivity contribution in [3.8, 4) is 0 Å². The van der Waals surface area contributed by atoms with Crippen molar-refractivity contribution in [2.24, 2.45) is 17.3 Å². The minimum Gasteiger partial charge on any atom is -0.314 e. The van der Waals surface area contributed by atoms with Crippen LogP contribution in [0.2, 0.25) is 0 Å². The van der Waals surface area contributed by atoms with Gasteiger partial charge in [-0.2, -0.15) is 0 Å². The van der Waals surface area contributed by atoms with Gasteiger partial charge in [0.25, 0.3) is 0 Å². The van der Waals surface area contributed by atoms with E-state index in [1.54, 1.807) is 0 Å². The van der Waals surface area contributed by atoms with E-state index in [0.29, 0.717) is 11.5 Å². The maximum absolute atomic E-state index is 3.66. The van der Waals surface area contributed by atoms with Gasteiger partial charge in [-0.15, -0.1) is 0 Å². The van der Waals surface area contributed by atoms with E-state index in [1.807, 2.05) is 0 Å². The van der Waals surface area contributed by atoms with E-state index >= 15 is 0 Å². The SMILES string of the molecule is CCC(C)NCC1CCC(C(C)(C)C)CC1. The molecule has 0 saturated heterocycles. The van der Waals surface area contributed by atoms with Gasteiger partial charge in [-0.25, -0.2) is 0 Å². The molecule has 0 spiro atoms. The zero-order chi connectivity index (χ0) is 12.2. The lowest BCUT2D eigenvalue weighted by atomic mass is 9.70. The van der Waals surface area contributed by atoms with Crippen molar-refractivity contribution >= 4 is 0 Å². The average molecular weight is 225 g/mol. The maximum atomic E-state index is 3.66. The van der Waals surface area contributed by atoms with Crippen LogP contribution >= 0.6 is 0 Å². The minimum absolute atomic E-state index is 0.523. The molecule has 0 heterocycles. The van der Waals surface area contributed by atoms with Crippen LogP contribution < -0.4 is 5.32 Å². The van der Waals surface area contributed by atoms with Crippen LogP contribution in [0.5, 0.6) is 0 Å². The second kappa shape index (κ2) is 6.05. The van der Waals surface area contributed by atoms with Crippen molar-refractivity contribution < 1.29 is 0 Å². The van der Waals surface area contributed by atoms with Gasteiger partial charge in [0.05, 0.1) is 0 Å². The molecule has 1 unspecified atom stereocenters. The van der Waals surface area contributed by atoms with Gasteiger partial charge in [0, 0.05) is 6.04 Å². The van der Waals surface area contributed by atoms with Crippen LogP contribution in [0.4, 0.5) is 0 Å². The van der Waals surface area contributed by atoms with E-state index in [2.05, 4.69) is 39.9 Å². The fourth-order valence-corrected chi connectivity index (χ4v) is 2.74. The molecule has 0 aromatic heterocycles. The smallest absolute Gasteiger partial charge is 0.00362 e. The summed E-state index contributed by atoms with van der Waals surface area (Å²) in [6.45, 7) is 13.0. The Morgan fingerprint density at radius 3 is 2.12 bits per heavy atom. The predicted molar refractivity (Wildman–Crippen MR) is 72.7 cm³/mol. The van der Waals surface area contributed by atoms with E-state index in [-0.39, 0.29) is 0 Å². The Labute approximate surface area is 102 Å². The van der Waals surface area contributed by atoms with Gasteiger partial charge in [0.15, 0.2) is 0 Å². The van der Waals surface area contributed by atoms with Crippen molar-refractivity contribution in [3.63, 3.8) is 0 Å². The lowest BCUT2D eigenvalue weighted by Crippen LogP contribution is -2.34. The van der Waals surface area contributed by atoms with Crippen LogP contribution in [0.25, 0.3) is 0 Å².